The molecule has 1 amide bonds. The van der Waals surface area contributed by atoms with Gasteiger partial charge in [0.15, 0.2) is 5.82 Å². The Kier molecular flexibility index (Phi) is 4.61. The van der Waals surface area contributed by atoms with Crippen LogP contribution in [0.3, 0.4) is 0 Å². The average Bonchev–Trinajstić information content (AvgIpc) is 2.52. The van der Waals surface area contributed by atoms with Crippen LogP contribution in [0.5, 0.6) is 0 Å². The van der Waals surface area contributed by atoms with Gasteiger partial charge in [-0.3, -0.25) is 9.78 Å². The predicted molar refractivity (Wildman–Crippen MR) is 73.1 cm³/mol. The third kappa shape index (κ3) is 3.62. The van der Waals surface area contributed by atoms with Gasteiger partial charge in [0.1, 0.15) is 0 Å². The van der Waals surface area contributed by atoms with E-state index in [4.69, 9.17) is 0 Å². The van der Waals surface area contributed by atoms with Gasteiger partial charge in [0.25, 0.3) is 5.91 Å². The van der Waals surface area contributed by atoms with Crippen molar-refractivity contribution in [1.29, 1.82) is 0 Å². The van der Waals surface area contributed by atoms with Crippen molar-refractivity contribution >= 4 is 11.9 Å². The first-order valence-electron chi connectivity index (χ1n) is 6.17. The molecule has 0 fully saturated rings. The van der Waals surface area contributed by atoms with Crippen LogP contribution in [0.15, 0.2) is 42.7 Å². The van der Waals surface area contributed by atoms with Crippen molar-refractivity contribution in [3.05, 3.63) is 65.2 Å². The largest absolute Gasteiger partial charge is 0.465 e. The third-order valence-electron chi connectivity index (χ3n) is 2.85. The van der Waals surface area contributed by atoms with E-state index >= 15 is 0 Å². The molecule has 0 aliphatic rings. The molecule has 0 bridgehead atoms. The lowest BCUT2D eigenvalue weighted by molar-refractivity contribution is 0.0600. The molecule has 0 radical (unpaired) electrons. The maximum absolute atomic E-state index is 13.4. The molecule has 0 aliphatic heterocycles. The number of hydrogen-bond acceptors (Lipinski definition) is 4. The molecule has 6 heteroatoms. The van der Waals surface area contributed by atoms with Gasteiger partial charge in [0, 0.05) is 12.7 Å². The summed E-state index contributed by atoms with van der Waals surface area (Å²) in [6.45, 7) is 0.224. The maximum Gasteiger partial charge on any atom is 0.337 e. The molecular weight excluding hydrogens is 275 g/mol. The summed E-state index contributed by atoms with van der Waals surface area (Å²) in [5.74, 6) is -1.62. The van der Waals surface area contributed by atoms with Crippen molar-refractivity contribution in [2.24, 2.45) is 0 Å². The first kappa shape index (κ1) is 14.6. The molecule has 1 aromatic carbocycles. The Morgan fingerprint density at radius 3 is 2.57 bits per heavy atom. The Bertz CT molecular complexity index is 656. The molecule has 0 atom stereocenters. The van der Waals surface area contributed by atoms with Crippen LogP contribution in [-0.2, 0) is 11.3 Å². The van der Waals surface area contributed by atoms with Crippen LogP contribution in [0.2, 0.25) is 0 Å². The van der Waals surface area contributed by atoms with E-state index in [0.717, 1.165) is 11.8 Å². The smallest absolute Gasteiger partial charge is 0.337 e. The first-order valence-corrected chi connectivity index (χ1v) is 6.17. The fourth-order valence-corrected chi connectivity index (χ4v) is 1.71. The highest BCUT2D eigenvalue weighted by molar-refractivity contribution is 5.94. The second kappa shape index (κ2) is 6.60. The number of nitrogens with one attached hydrogen (secondary N) is 1. The van der Waals surface area contributed by atoms with Crippen molar-refractivity contribution in [2.45, 2.75) is 6.54 Å². The summed E-state index contributed by atoms with van der Waals surface area (Å²) in [5, 5.41) is 2.60. The highest BCUT2D eigenvalue weighted by atomic mass is 19.1. The zero-order valence-corrected chi connectivity index (χ0v) is 11.3. The van der Waals surface area contributed by atoms with E-state index in [0.29, 0.717) is 5.56 Å². The van der Waals surface area contributed by atoms with Gasteiger partial charge in [0.2, 0.25) is 0 Å². The number of halogens is 1. The van der Waals surface area contributed by atoms with Crippen LogP contribution in [0.4, 0.5) is 4.39 Å². The molecule has 0 aliphatic carbocycles. The summed E-state index contributed by atoms with van der Waals surface area (Å²) >= 11 is 0. The van der Waals surface area contributed by atoms with E-state index in [-0.39, 0.29) is 12.1 Å². The van der Waals surface area contributed by atoms with E-state index in [9.17, 15) is 14.0 Å². The van der Waals surface area contributed by atoms with Crippen molar-refractivity contribution in [1.82, 2.24) is 10.3 Å². The van der Waals surface area contributed by atoms with Crippen molar-refractivity contribution < 1.29 is 18.7 Å². The summed E-state index contributed by atoms with van der Waals surface area (Å²) < 4.78 is 18.0. The Balaban J connectivity index is 1.99. The fourth-order valence-electron chi connectivity index (χ4n) is 1.71. The monoisotopic (exact) mass is 288 g/mol. The zero-order chi connectivity index (χ0) is 15.2. The minimum Gasteiger partial charge on any atom is -0.465 e. The van der Waals surface area contributed by atoms with Crippen LogP contribution in [-0.4, -0.2) is 24.0 Å². The highest BCUT2D eigenvalue weighted by Crippen LogP contribution is 2.07. The number of amides is 1. The van der Waals surface area contributed by atoms with Crippen LogP contribution in [0.1, 0.15) is 26.3 Å². The van der Waals surface area contributed by atoms with Crippen LogP contribution in [0, 0.1) is 5.82 Å². The minimum atomic E-state index is -0.670. The molecule has 0 saturated heterocycles. The Morgan fingerprint density at radius 1 is 1.24 bits per heavy atom. The summed E-state index contributed by atoms with van der Waals surface area (Å²) in [6.07, 6.45) is 2.34. The lowest BCUT2D eigenvalue weighted by Gasteiger charge is -2.06. The molecule has 0 spiro atoms. The SMILES string of the molecule is COC(=O)c1ccc(CNC(=O)c2ccncc2F)cc1. The van der Waals surface area contributed by atoms with Crippen LogP contribution < -0.4 is 5.32 Å². The number of methoxy groups -OCH3 is 1. The molecule has 1 aromatic heterocycles. The number of ether oxygens (including phenoxy) is 1. The molecule has 1 N–H and O–H groups in total. The quantitative estimate of drug-likeness (QED) is 0.873. The van der Waals surface area contributed by atoms with E-state index in [1.807, 2.05) is 0 Å². The van der Waals surface area contributed by atoms with Gasteiger partial charge in [-0.15, -0.1) is 0 Å². The predicted octanol–water partition coefficient (Wildman–Crippen LogP) is 1.94. The lowest BCUT2D eigenvalue weighted by atomic mass is 10.1. The molecular formula is C15H13FN2O3. The Morgan fingerprint density at radius 2 is 1.95 bits per heavy atom. The number of rotatable bonds is 4. The summed E-state index contributed by atoms with van der Waals surface area (Å²) in [5.41, 5.74) is 1.15. The molecule has 2 aromatic rings. The molecule has 0 saturated carbocycles. The summed E-state index contributed by atoms with van der Waals surface area (Å²) in [4.78, 5) is 26.7. The van der Waals surface area contributed by atoms with Crippen molar-refractivity contribution in [3.63, 3.8) is 0 Å². The second-order valence-corrected chi connectivity index (χ2v) is 4.23. The number of aromatic nitrogens is 1. The third-order valence-corrected chi connectivity index (χ3v) is 2.85. The second-order valence-electron chi connectivity index (χ2n) is 4.23. The minimum absolute atomic E-state index is 0.0591. The highest BCUT2D eigenvalue weighted by Gasteiger charge is 2.11. The van der Waals surface area contributed by atoms with Gasteiger partial charge in [-0.2, -0.15) is 0 Å². The molecule has 2 rings (SSSR count). The van der Waals surface area contributed by atoms with Gasteiger partial charge in [-0.1, -0.05) is 12.1 Å². The molecule has 0 unspecified atom stereocenters. The van der Waals surface area contributed by atoms with E-state index < -0.39 is 17.7 Å². The summed E-state index contributed by atoms with van der Waals surface area (Å²) in [6, 6.07) is 7.89. The normalized spacial score (nSPS) is 10.0. The van der Waals surface area contributed by atoms with Crippen LogP contribution in [0.25, 0.3) is 0 Å². The van der Waals surface area contributed by atoms with Crippen LogP contribution >= 0.6 is 0 Å². The lowest BCUT2D eigenvalue weighted by Crippen LogP contribution is -2.23. The molecule has 108 valence electrons. The number of nitrogens with zero attached hydrogens (tertiary/aromatic N) is 1. The zero-order valence-electron chi connectivity index (χ0n) is 11.3. The van der Waals surface area contributed by atoms with Gasteiger partial charge in [-0.05, 0) is 23.8 Å². The first-order chi connectivity index (χ1) is 10.1. The number of hydrogen-bond donors (Lipinski definition) is 1. The van der Waals surface area contributed by atoms with Gasteiger partial charge < -0.3 is 10.1 Å². The van der Waals surface area contributed by atoms with E-state index in [2.05, 4.69) is 15.0 Å². The molecule has 1 heterocycles. The average molecular weight is 288 g/mol. The van der Waals surface area contributed by atoms with E-state index in [1.165, 1.54) is 19.4 Å². The topological polar surface area (TPSA) is 68.3 Å². The van der Waals surface area contributed by atoms with Crippen molar-refractivity contribution in [3.8, 4) is 0 Å². The number of benzene rings is 1. The summed E-state index contributed by atoms with van der Waals surface area (Å²) in [7, 11) is 1.31. The van der Waals surface area contributed by atoms with Gasteiger partial charge >= 0.3 is 5.97 Å². The number of pyridine rings is 1. The van der Waals surface area contributed by atoms with E-state index in [1.54, 1.807) is 24.3 Å². The molecule has 5 nitrogen and oxygen atoms in total. The number of carbonyl (C=O) groups is 2. The maximum atomic E-state index is 13.4. The van der Waals surface area contributed by atoms with Crippen molar-refractivity contribution in [2.75, 3.05) is 7.11 Å². The Hall–Kier alpha value is -2.76. The molecule has 21 heavy (non-hydrogen) atoms. The number of carbonyl (C=O) groups excluding carboxylic acids is 2. The Labute approximate surface area is 120 Å². The van der Waals surface area contributed by atoms with Gasteiger partial charge in [-0.25, -0.2) is 9.18 Å². The van der Waals surface area contributed by atoms with Gasteiger partial charge in [0.05, 0.1) is 24.4 Å². The number of esters is 1. The standard InChI is InChI=1S/C15H13FN2O3/c1-21-15(20)11-4-2-10(3-5-11)8-18-14(19)12-6-7-17-9-13(12)16/h2-7,9H,8H2,1H3,(H,18,19). The fraction of sp³-hybridized carbons (Fsp3) is 0.133.